The van der Waals surface area contributed by atoms with E-state index in [-0.39, 0.29) is 24.4 Å². The van der Waals surface area contributed by atoms with Crippen molar-refractivity contribution in [1.82, 2.24) is 19.3 Å². The van der Waals surface area contributed by atoms with Gasteiger partial charge in [0.05, 0.1) is 30.1 Å². The Hall–Kier alpha value is -3.17. The summed E-state index contributed by atoms with van der Waals surface area (Å²) in [6.07, 6.45) is 2.71. The summed E-state index contributed by atoms with van der Waals surface area (Å²) in [6, 6.07) is 6.09. The lowest BCUT2D eigenvalue weighted by molar-refractivity contribution is -0.119. The van der Waals surface area contributed by atoms with Crippen LogP contribution in [0.5, 0.6) is 0 Å². The number of aromatic nitrogens is 3. The fraction of sp³-hybridized carbons (Fsp3) is 0.391. The number of nitrogens with zero attached hydrogens (tertiary/aromatic N) is 4. The van der Waals surface area contributed by atoms with Crippen molar-refractivity contribution in [2.45, 2.75) is 32.1 Å². The molecule has 4 rings (SSSR count). The number of methoxy groups -OCH3 is 1. The van der Waals surface area contributed by atoms with Gasteiger partial charge in [-0.25, -0.2) is 14.2 Å². The highest BCUT2D eigenvalue weighted by molar-refractivity contribution is 7.77. The molecule has 37 heavy (non-hydrogen) atoms. The summed E-state index contributed by atoms with van der Waals surface area (Å²) in [4.78, 5) is 36.9. The Kier molecular flexibility index (Phi) is 8.66. The zero-order valence-electron chi connectivity index (χ0n) is 20.5. The van der Waals surface area contributed by atoms with E-state index in [9.17, 15) is 13.8 Å². The fourth-order valence-corrected chi connectivity index (χ4v) is 5.02. The van der Waals surface area contributed by atoms with Crippen LogP contribution in [0.2, 0.25) is 0 Å². The molecular formula is C23H28N6O6S2. The zero-order chi connectivity index (χ0) is 26.5. The Balaban J connectivity index is 1.42. The second-order valence-corrected chi connectivity index (χ2v) is 10.3. The normalized spacial score (nSPS) is 19.3. The topological polar surface area (TPSA) is 148 Å². The molecule has 1 saturated heterocycles. The Morgan fingerprint density at radius 2 is 2.00 bits per heavy atom. The first-order chi connectivity index (χ1) is 17.7. The van der Waals surface area contributed by atoms with Crippen LogP contribution in [-0.4, -0.2) is 79.6 Å². The highest BCUT2D eigenvalue weighted by atomic mass is 32.2. The SMILES string of the molecule is COC[C@H](NC(=O)c1ccn(S(=O)O)c1)C(=O)Nc1nc(-c2cccc(N3CC(C)OC(C)C3)n2)cs1. The molecule has 0 spiro atoms. The molecule has 0 aromatic carbocycles. The van der Waals surface area contributed by atoms with Crippen LogP contribution in [0.15, 0.2) is 42.0 Å². The molecule has 1 fully saturated rings. The largest absolute Gasteiger partial charge is 0.382 e. The number of thiazole rings is 1. The van der Waals surface area contributed by atoms with Crippen molar-refractivity contribution in [3.8, 4) is 11.4 Å². The molecule has 2 amide bonds. The van der Waals surface area contributed by atoms with Crippen LogP contribution in [0.25, 0.3) is 11.4 Å². The van der Waals surface area contributed by atoms with Crippen molar-refractivity contribution in [2.24, 2.45) is 0 Å². The summed E-state index contributed by atoms with van der Waals surface area (Å²) in [5, 5.41) is 7.43. The molecule has 0 aliphatic carbocycles. The van der Waals surface area contributed by atoms with Gasteiger partial charge in [-0.3, -0.25) is 18.1 Å². The highest BCUT2D eigenvalue weighted by Crippen LogP contribution is 2.26. The monoisotopic (exact) mass is 548 g/mol. The highest BCUT2D eigenvalue weighted by Gasteiger charge is 2.25. The van der Waals surface area contributed by atoms with Gasteiger partial charge in [0.2, 0.25) is 0 Å². The lowest BCUT2D eigenvalue weighted by Crippen LogP contribution is -2.46. The predicted molar refractivity (Wildman–Crippen MR) is 140 cm³/mol. The standard InChI is InChI=1S/C23H28N6O6S2/c1-14-9-28(10-15(2)35-14)20-6-4-5-17(24-20)19-13-36-23(26-19)27-22(31)18(12-34-3)25-21(30)16-7-8-29(11-16)37(32)33/h4-8,11,13-15,18H,9-10,12H2,1-3H3,(H,25,30)(H,32,33)(H,26,27,31)/t14?,15?,18-/m0/s1. The second-order valence-electron chi connectivity index (χ2n) is 8.54. The summed E-state index contributed by atoms with van der Waals surface area (Å²) >= 11 is -1.05. The van der Waals surface area contributed by atoms with Crippen LogP contribution in [0.1, 0.15) is 24.2 Å². The van der Waals surface area contributed by atoms with Gasteiger partial charge in [0.1, 0.15) is 17.6 Å². The lowest BCUT2D eigenvalue weighted by atomic mass is 10.2. The van der Waals surface area contributed by atoms with Gasteiger partial charge in [-0.2, -0.15) is 0 Å². The predicted octanol–water partition coefficient (Wildman–Crippen LogP) is 1.99. The molecule has 3 aromatic heterocycles. The molecule has 0 saturated carbocycles. The maximum atomic E-state index is 12.9. The van der Waals surface area contributed by atoms with Crippen LogP contribution in [-0.2, 0) is 25.5 Å². The zero-order valence-corrected chi connectivity index (χ0v) is 22.1. The van der Waals surface area contributed by atoms with Crippen LogP contribution in [0.4, 0.5) is 10.9 Å². The average Bonchev–Trinajstić information content (AvgIpc) is 3.54. The first-order valence-electron chi connectivity index (χ1n) is 11.5. The molecule has 4 atom stereocenters. The van der Waals surface area contributed by atoms with Gasteiger partial charge < -0.3 is 25.0 Å². The number of carbonyl (C=O) groups is 2. The molecule has 14 heteroatoms. The van der Waals surface area contributed by atoms with Crippen molar-refractivity contribution in [3.05, 3.63) is 47.6 Å². The molecule has 3 N–H and O–H groups in total. The average molecular weight is 549 g/mol. The van der Waals surface area contributed by atoms with Gasteiger partial charge in [-0.15, -0.1) is 11.3 Å². The third-order valence-corrected chi connectivity index (χ3v) is 6.89. The quantitative estimate of drug-likeness (QED) is 0.341. The summed E-state index contributed by atoms with van der Waals surface area (Å²) < 4.78 is 32.1. The van der Waals surface area contributed by atoms with Crippen molar-refractivity contribution in [2.75, 3.05) is 37.0 Å². The molecule has 3 aromatic rings. The van der Waals surface area contributed by atoms with Crippen molar-refractivity contribution < 1.29 is 27.8 Å². The Morgan fingerprint density at radius 3 is 2.68 bits per heavy atom. The van der Waals surface area contributed by atoms with Gasteiger partial charge in [-0.05, 0) is 32.0 Å². The summed E-state index contributed by atoms with van der Waals surface area (Å²) in [5.74, 6) is -0.270. The molecule has 12 nitrogen and oxygen atoms in total. The number of anilines is 2. The Morgan fingerprint density at radius 1 is 1.24 bits per heavy atom. The van der Waals surface area contributed by atoms with E-state index in [0.717, 1.165) is 22.9 Å². The third-order valence-electron chi connectivity index (χ3n) is 5.54. The number of nitrogens with one attached hydrogen (secondary N) is 2. The molecule has 3 unspecified atom stereocenters. The number of hydrogen-bond acceptors (Lipinski definition) is 9. The minimum absolute atomic E-state index is 0.0809. The summed E-state index contributed by atoms with van der Waals surface area (Å²) in [7, 11) is 1.41. The van der Waals surface area contributed by atoms with Crippen molar-refractivity contribution in [3.63, 3.8) is 0 Å². The molecule has 0 radical (unpaired) electrons. The van der Waals surface area contributed by atoms with E-state index in [1.165, 1.54) is 36.9 Å². The van der Waals surface area contributed by atoms with E-state index in [4.69, 9.17) is 19.0 Å². The van der Waals surface area contributed by atoms with Gasteiger partial charge >= 0.3 is 0 Å². The number of hydrogen-bond donors (Lipinski definition) is 3. The maximum Gasteiger partial charge on any atom is 0.265 e. The van der Waals surface area contributed by atoms with Crippen molar-refractivity contribution in [1.29, 1.82) is 0 Å². The molecule has 4 heterocycles. The molecule has 1 aliphatic heterocycles. The lowest BCUT2D eigenvalue weighted by Gasteiger charge is -2.36. The smallest absolute Gasteiger partial charge is 0.265 e. The number of morpholine rings is 1. The first kappa shape index (κ1) is 26.9. The van der Waals surface area contributed by atoms with Gasteiger partial charge in [0, 0.05) is 38.0 Å². The first-order valence-corrected chi connectivity index (χ1v) is 13.4. The number of rotatable bonds is 9. The fourth-order valence-electron chi connectivity index (χ4n) is 3.95. The number of amides is 2. The Bertz CT molecular complexity index is 1270. The van der Waals surface area contributed by atoms with E-state index in [1.54, 1.807) is 5.38 Å². The molecule has 1 aliphatic rings. The van der Waals surface area contributed by atoms with E-state index < -0.39 is 29.1 Å². The van der Waals surface area contributed by atoms with Crippen LogP contribution in [0.3, 0.4) is 0 Å². The molecule has 0 bridgehead atoms. The van der Waals surface area contributed by atoms with E-state index in [1.807, 2.05) is 32.0 Å². The van der Waals surface area contributed by atoms with Crippen LogP contribution < -0.4 is 15.5 Å². The minimum Gasteiger partial charge on any atom is -0.382 e. The van der Waals surface area contributed by atoms with Gasteiger partial charge in [0.15, 0.2) is 5.13 Å². The van der Waals surface area contributed by atoms with Crippen LogP contribution in [0, 0.1) is 0 Å². The van der Waals surface area contributed by atoms with Gasteiger partial charge in [-0.1, -0.05) is 6.07 Å². The maximum absolute atomic E-state index is 12.9. The molecular weight excluding hydrogens is 520 g/mol. The van der Waals surface area contributed by atoms with E-state index >= 15 is 0 Å². The summed E-state index contributed by atoms with van der Waals surface area (Å²) in [6.45, 7) is 5.48. The van der Waals surface area contributed by atoms with Crippen molar-refractivity contribution >= 4 is 45.4 Å². The van der Waals surface area contributed by atoms with Gasteiger partial charge in [0.25, 0.3) is 23.1 Å². The summed E-state index contributed by atoms with van der Waals surface area (Å²) in [5.41, 5.74) is 1.42. The number of pyridine rings is 1. The Labute approximate surface area is 220 Å². The third kappa shape index (κ3) is 6.78. The molecule has 198 valence electrons. The number of ether oxygens (including phenoxy) is 2. The number of carbonyl (C=O) groups excluding carboxylic acids is 2. The van der Waals surface area contributed by atoms with E-state index in [0.29, 0.717) is 16.5 Å². The van der Waals surface area contributed by atoms with E-state index in [2.05, 4.69) is 20.5 Å². The second kappa shape index (κ2) is 11.9. The minimum atomic E-state index is -2.28. The van der Waals surface area contributed by atoms with Crippen LogP contribution >= 0.6 is 11.3 Å².